The third-order valence-electron chi connectivity index (χ3n) is 4.54. The molecule has 142 valence electrons. The fourth-order valence-corrected chi connectivity index (χ4v) is 4.09. The van der Waals surface area contributed by atoms with Gasteiger partial charge in [-0.1, -0.05) is 36.4 Å². The van der Waals surface area contributed by atoms with E-state index >= 15 is 0 Å². The first-order valence-electron chi connectivity index (χ1n) is 8.55. The van der Waals surface area contributed by atoms with Crippen LogP contribution >= 0.6 is 0 Å². The summed E-state index contributed by atoms with van der Waals surface area (Å²) in [6.45, 7) is 5.67. The Bertz CT molecular complexity index is 1310. The molecule has 7 heteroatoms. The van der Waals surface area contributed by atoms with Gasteiger partial charge in [-0.3, -0.25) is 4.98 Å². The lowest BCUT2D eigenvalue weighted by atomic mass is 10.1. The molecule has 0 atom stereocenters. The summed E-state index contributed by atoms with van der Waals surface area (Å²) in [5.41, 5.74) is 2.85. The number of hydrogen-bond acceptors (Lipinski definition) is 5. The first-order chi connectivity index (χ1) is 13.4. The summed E-state index contributed by atoms with van der Waals surface area (Å²) < 4.78 is 36.4. The number of aryl methyl sites for hydroxylation is 1. The maximum absolute atomic E-state index is 12.7. The minimum Gasteiger partial charge on any atom is -0.494 e. The summed E-state index contributed by atoms with van der Waals surface area (Å²) in [6, 6.07) is 11.7. The number of aromatic amines is 1. The standard InChI is InChI=1S/C21H18N2O4S/c1-4-16-21-19(18(26-3)12-22-16)15-6-5-7-17(20(15)23-21)27-28(24,25)14-10-8-13(2)9-11-14/h4-12,23H,1H2,2-3H3. The van der Waals surface area contributed by atoms with Crippen molar-refractivity contribution in [3.05, 3.63) is 66.5 Å². The van der Waals surface area contributed by atoms with Crippen LogP contribution in [0, 0.1) is 6.92 Å². The second kappa shape index (κ2) is 6.69. The molecule has 2 heterocycles. The predicted octanol–water partition coefficient (Wildman–Crippen LogP) is 4.44. The van der Waals surface area contributed by atoms with Crippen molar-refractivity contribution in [1.82, 2.24) is 9.97 Å². The topological polar surface area (TPSA) is 81.3 Å². The Hall–Kier alpha value is -3.32. The molecule has 28 heavy (non-hydrogen) atoms. The molecule has 2 aromatic carbocycles. The molecule has 0 aliphatic carbocycles. The largest absolute Gasteiger partial charge is 0.494 e. The fourth-order valence-electron chi connectivity index (χ4n) is 3.15. The lowest BCUT2D eigenvalue weighted by molar-refractivity contribution is 0.418. The number of nitrogens with zero attached hydrogens (tertiary/aromatic N) is 1. The summed E-state index contributed by atoms with van der Waals surface area (Å²) in [4.78, 5) is 7.63. The number of para-hydroxylation sites is 1. The minimum absolute atomic E-state index is 0.0947. The molecule has 0 unspecified atom stereocenters. The summed E-state index contributed by atoms with van der Waals surface area (Å²) in [5.74, 6) is 0.775. The predicted molar refractivity (Wildman–Crippen MR) is 109 cm³/mol. The monoisotopic (exact) mass is 394 g/mol. The van der Waals surface area contributed by atoms with Gasteiger partial charge in [0.1, 0.15) is 10.6 Å². The molecule has 0 spiro atoms. The SMILES string of the molecule is C=Cc1ncc(OC)c2c1[nH]c1c(OS(=O)(=O)c3ccc(C)cc3)cccc12. The smallest absolute Gasteiger partial charge is 0.339 e. The molecule has 4 aromatic rings. The molecule has 0 amide bonds. The number of nitrogens with one attached hydrogen (secondary N) is 1. The van der Waals surface area contributed by atoms with Gasteiger partial charge >= 0.3 is 10.1 Å². The van der Waals surface area contributed by atoms with E-state index in [9.17, 15) is 8.42 Å². The van der Waals surface area contributed by atoms with Crippen LogP contribution in [-0.4, -0.2) is 25.5 Å². The third kappa shape index (κ3) is 2.90. The normalized spacial score (nSPS) is 11.6. The van der Waals surface area contributed by atoms with Crippen LogP contribution in [0.25, 0.3) is 27.9 Å². The van der Waals surface area contributed by atoms with Gasteiger partial charge in [0.15, 0.2) is 5.75 Å². The number of methoxy groups -OCH3 is 1. The minimum atomic E-state index is -3.98. The lowest BCUT2D eigenvalue weighted by Crippen LogP contribution is -2.09. The Balaban J connectivity index is 1.91. The van der Waals surface area contributed by atoms with Gasteiger partial charge in [0, 0.05) is 5.39 Å². The highest BCUT2D eigenvalue weighted by Gasteiger charge is 2.21. The second-order valence-corrected chi connectivity index (χ2v) is 7.87. The number of H-pyrrole nitrogens is 1. The van der Waals surface area contributed by atoms with Crippen LogP contribution in [0.5, 0.6) is 11.5 Å². The molecular weight excluding hydrogens is 376 g/mol. The van der Waals surface area contributed by atoms with Crippen LogP contribution in [0.4, 0.5) is 0 Å². The molecule has 0 bridgehead atoms. The molecule has 0 aliphatic rings. The van der Waals surface area contributed by atoms with Gasteiger partial charge in [-0.25, -0.2) is 0 Å². The van der Waals surface area contributed by atoms with E-state index in [-0.39, 0.29) is 10.6 Å². The Kier molecular flexibility index (Phi) is 4.31. The maximum Gasteiger partial charge on any atom is 0.339 e. The fraction of sp³-hybridized carbons (Fsp3) is 0.0952. The number of aromatic nitrogens is 2. The summed E-state index contributed by atoms with van der Waals surface area (Å²) >= 11 is 0. The molecule has 0 saturated heterocycles. The van der Waals surface area contributed by atoms with Crippen molar-refractivity contribution in [2.45, 2.75) is 11.8 Å². The van der Waals surface area contributed by atoms with E-state index in [0.717, 1.165) is 16.3 Å². The molecule has 0 fully saturated rings. The van der Waals surface area contributed by atoms with E-state index < -0.39 is 10.1 Å². The van der Waals surface area contributed by atoms with E-state index in [1.165, 1.54) is 12.1 Å². The molecule has 1 N–H and O–H groups in total. The molecule has 0 radical (unpaired) electrons. The Labute approximate surface area is 162 Å². The van der Waals surface area contributed by atoms with Crippen LogP contribution in [0.15, 0.2) is 60.1 Å². The quantitative estimate of drug-likeness (QED) is 0.506. The number of pyridine rings is 1. The zero-order valence-electron chi connectivity index (χ0n) is 15.4. The van der Waals surface area contributed by atoms with E-state index in [1.807, 2.05) is 13.0 Å². The lowest BCUT2D eigenvalue weighted by Gasteiger charge is -2.08. The Morgan fingerprint density at radius 3 is 2.50 bits per heavy atom. The Morgan fingerprint density at radius 1 is 1.07 bits per heavy atom. The van der Waals surface area contributed by atoms with Gasteiger partial charge in [-0.2, -0.15) is 8.42 Å². The van der Waals surface area contributed by atoms with Gasteiger partial charge < -0.3 is 13.9 Å². The molecule has 0 saturated carbocycles. The Morgan fingerprint density at radius 2 is 1.82 bits per heavy atom. The molecule has 0 aliphatic heterocycles. The van der Waals surface area contributed by atoms with Crippen LogP contribution in [0.3, 0.4) is 0 Å². The first kappa shape index (κ1) is 18.1. The van der Waals surface area contributed by atoms with E-state index in [0.29, 0.717) is 22.5 Å². The number of benzene rings is 2. The summed E-state index contributed by atoms with van der Waals surface area (Å²) in [6.07, 6.45) is 3.24. The number of rotatable bonds is 5. The molecule has 2 aromatic heterocycles. The average molecular weight is 394 g/mol. The second-order valence-electron chi connectivity index (χ2n) is 6.32. The van der Waals surface area contributed by atoms with Gasteiger partial charge in [0.2, 0.25) is 0 Å². The molecule has 4 rings (SSSR count). The van der Waals surface area contributed by atoms with E-state index in [4.69, 9.17) is 8.92 Å². The van der Waals surface area contributed by atoms with Crippen LogP contribution in [-0.2, 0) is 10.1 Å². The van der Waals surface area contributed by atoms with Crippen molar-refractivity contribution in [1.29, 1.82) is 0 Å². The van der Waals surface area contributed by atoms with Gasteiger partial charge in [0.25, 0.3) is 0 Å². The zero-order chi connectivity index (χ0) is 19.9. The highest BCUT2D eigenvalue weighted by molar-refractivity contribution is 7.87. The van der Waals surface area contributed by atoms with Crippen molar-refractivity contribution in [2.24, 2.45) is 0 Å². The van der Waals surface area contributed by atoms with Crippen LogP contribution in [0.2, 0.25) is 0 Å². The van der Waals surface area contributed by atoms with Gasteiger partial charge in [0.05, 0.1) is 35.4 Å². The highest BCUT2D eigenvalue weighted by atomic mass is 32.2. The van der Waals surface area contributed by atoms with Gasteiger partial charge in [-0.15, -0.1) is 0 Å². The van der Waals surface area contributed by atoms with Crippen LogP contribution in [0.1, 0.15) is 11.3 Å². The van der Waals surface area contributed by atoms with Gasteiger partial charge in [-0.05, 0) is 31.2 Å². The van der Waals surface area contributed by atoms with E-state index in [2.05, 4.69) is 16.5 Å². The zero-order valence-corrected chi connectivity index (χ0v) is 16.2. The van der Waals surface area contributed by atoms with Crippen molar-refractivity contribution in [3.8, 4) is 11.5 Å². The highest BCUT2D eigenvalue weighted by Crippen LogP contribution is 2.38. The summed E-state index contributed by atoms with van der Waals surface area (Å²) in [5, 5.41) is 1.56. The van der Waals surface area contributed by atoms with Crippen LogP contribution < -0.4 is 8.92 Å². The number of ether oxygens (including phenoxy) is 1. The number of hydrogen-bond donors (Lipinski definition) is 1. The summed E-state index contributed by atoms with van der Waals surface area (Å²) in [7, 11) is -2.42. The van der Waals surface area contributed by atoms with Crippen molar-refractivity contribution >= 4 is 38.0 Å². The third-order valence-corrected chi connectivity index (χ3v) is 5.79. The molecular formula is C21H18N2O4S. The first-order valence-corrected chi connectivity index (χ1v) is 9.96. The van der Waals surface area contributed by atoms with Crippen molar-refractivity contribution in [3.63, 3.8) is 0 Å². The van der Waals surface area contributed by atoms with E-state index in [1.54, 1.807) is 43.6 Å². The number of fused-ring (bicyclic) bond motifs is 3. The van der Waals surface area contributed by atoms with Crippen molar-refractivity contribution < 1.29 is 17.3 Å². The maximum atomic E-state index is 12.7. The van der Waals surface area contributed by atoms with Crippen molar-refractivity contribution in [2.75, 3.05) is 7.11 Å². The molecule has 6 nitrogen and oxygen atoms in total. The average Bonchev–Trinajstić information content (AvgIpc) is 3.08.